The molecule has 1 amide bonds. The normalized spacial score (nSPS) is 43.1. The highest BCUT2D eigenvalue weighted by atomic mass is 32.2. The van der Waals surface area contributed by atoms with Gasteiger partial charge in [0, 0.05) is 12.6 Å². The highest BCUT2D eigenvalue weighted by Gasteiger charge is 2.51. The van der Waals surface area contributed by atoms with Crippen molar-refractivity contribution in [3.63, 3.8) is 0 Å². The maximum absolute atomic E-state index is 12.3. The molecule has 4 saturated carbocycles. The molecular weight excluding hydrogens is 322 g/mol. The van der Waals surface area contributed by atoms with Crippen molar-refractivity contribution in [1.29, 1.82) is 0 Å². The van der Waals surface area contributed by atoms with Crippen LogP contribution in [0.4, 0.5) is 0 Å². The third-order valence-corrected chi connectivity index (χ3v) is 8.95. The van der Waals surface area contributed by atoms with Crippen LogP contribution in [-0.2, 0) is 14.6 Å². The Balaban J connectivity index is 1.37. The summed E-state index contributed by atoms with van der Waals surface area (Å²) >= 11 is 0. The van der Waals surface area contributed by atoms with E-state index in [1.54, 1.807) is 0 Å². The van der Waals surface area contributed by atoms with E-state index < -0.39 is 9.84 Å². The SMILES string of the molecule is C/C(=C\C(=O)NC[C@@H]1CCS(=O)(=O)C1)C12CC3CC(CC(C3)C1)C2. The quantitative estimate of drug-likeness (QED) is 0.792. The average molecular weight is 352 g/mol. The van der Waals surface area contributed by atoms with Gasteiger partial charge in [-0.25, -0.2) is 8.42 Å². The van der Waals surface area contributed by atoms with Crippen molar-refractivity contribution in [2.45, 2.75) is 51.9 Å². The van der Waals surface area contributed by atoms with Gasteiger partial charge in [0.05, 0.1) is 11.5 Å². The van der Waals surface area contributed by atoms with Crippen LogP contribution in [0.5, 0.6) is 0 Å². The van der Waals surface area contributed by atoms with Crippen LogP contribution in [0, 0.1) is 29.1 Å². The molecule has 0 aromatic carbocycles. The lowest BCUT2D eigenvalue weighted by molar-refractivity contribution is -0.116. The van der Waals surface area contributed by atoms with Crippen molar-refractivity contribution in [3.05, 3.63) is 11.6 Å². The molecule has 1 saturated heterocycles. The summed E-state index contributed by atoms with van der Waals surface area (Å²) in [6.07, 6.45) is 10.6. The van der Waals surface area contributed by atoms with Crippen LogP contribution in [0.2, 0.25) is 0 Å². The number of amides is 1. The fourth-order valence-corrected chi connectivity index (χ4v) is 8.13. The highest BCUT2D eigenvalue weighted by Crippen LogP contribution is 2.62. The predicted molar refractivity (Wildman–Crippen MR) is 94.1 cm³/mol. The fraction of sp³-hybridized carbons (Fsp3) is 0.842. The van der Waals surface area contributed by atoms with Gasteiger partial charge in [0.15, 0.2) is 9.84 Å². The summed E-state index contributed by atoms with van der Waals surface area (Å²) < 4.78 is 23.0. The van der Waals surface area contributed by atoms with Crippen LogP contribution in [0.25, 0.3) is 0 Å². The second kappa shape index (κ2) is 5.86. The Morgan fingerprint density at radius 1 is 1.12 bits per heavy atom. The summed E-state index contributed by atoms with van der Waals surface area (Å²) in [7, 11) is -2.86. The summed E-state index contributed by atoms with van der Waals surface area (Å²) in [5, 5.41) is 2.95. The van der Waals surface area contributed by atoms with Gasteiger partial charge in [-0.2, -0.15) is 0 Å². The zero-order valence-corrected chi connectivity index (χ0v) is 15.4. The molecule has 5 aliphatic rings. The van der Waals surface area contributed by atoms with E-state index in [0.29, 0.717) is 13.0 Å². The Morgan fingerprint density at radius 2 is 1.71 bits per heavy atom. The Kier molecular flexibility index (Phi) is 4.06. The molecule has 134 valence electrons. The third-order valence-electron chi connectivity index (χ3n) is 7.11. The molecule has 4 aliphatic carbocycles. The zero-order valence-electron chi connectivity index (χ0n) is 14.6. The number of carbonyl (C=O) groups is 1. The van der Waals surface area contributed by atoms with Gasteiger partial charge >= 0.3 is 0 Å². The summed E-state index contributed by atoms with van der Waals surface area (Å²) in [5.74, 6) is 3.20. The zero-order chi connectivity index (χ0) is 16.9. The fourth-order valence-electron chi connectivity index (χ4n) is 6.27. The van der Waals surface area contributed by atoms with E-state index in [0.717, 1.165) is 17.8 Å². The van der Waals surface area contributed by atoms with Crippen LogP contribution in [-0.4, -0.2) is 32.4 Å². The maximum Gasteiger partial charge on any atom is 0.243 e. The molecule has 5 fully saturated rings. The van der Waals surface area contributed by atoms with Crippen molar-refractivity contribution in [1.82, 2.24) is 5.32 Å². The van der Waals surface area contributed by atoms with Crippen molar-refractivity contribution in [2.75, 3.05) is 18.1 Å². The average Bonchev–Trinajstić information content (AvgIpc) is 2.83. The number of carbonyl (C=O) groups excluding carboxylic acids is 1. The molecule has 4 bridgehead atoms. The Hall–Kier alpha value is -0.840. The summed E-state index contributed by atoms with van der Waals surface area (Å²) in [6.45, 7) is 2.63. The molecule has 4 nitrogen and oxygen atoms in total. The Bertz CT molecular complexity index is 629. The predicted octanol–water partition coefficient (Wildman–Crippen LogP) is 2.70. The second-order valence-electron chi connectivity index (χ2n) is 9.04. The second-order valence-corrected chi connectivity index (χ2v) is 11.3. The third kappa shape index (κ3) is 3.16. The van der Waals surface area contributed by atoms with Gasteiger partial charge < -0.3 is 5.32 Å². The number of nitrogens with one attached hydrogen (secondary N) is 1. The number of allylic oxidation sites excluding steroid dienone is 1. The van der Waals surface area contributed by atoms with E-state index in [1.807, 2.05) is 6.08 Å². The van der Waals surface area contributed by atoms with Gasteiger partial charge in [0.2, 0.25) is 5.91 Å². The van der Waals surface area contributed by atoms with E-state index in [1.165, 1.54) is 44.1 Å². The first-order chi connectivity index (χ1) is 11.3. The van der Waals surface area contributed by atoms with Gasteiger partial charge in [-0.1, -0.05) is 5.57 Å². The molecule has 5 rings (SSSR count). The minimum absolute atomic E-state index is 0.0347. The topological polar surface area (TPSA) is 63.2 Å². The maximum atomic E-state index is 12.3. The number of rotatable bonds is 4. The lowest BCUT2D eigenvalue weighted by Gasteiger charge is -2.57. The van der Waals surface area contributed by atoms with E-state index in [-0.39, 0.29) is 28.7 Å². The molecule has 0 radical (unpaired) electrons. The molecule has 1 N–H and O–H groups in total. The molecule has 1 heterocycles. The van der Waals surface area contributed by atoms with Crippen molar-refractivity contribution < 1.29 is 13.2 Å². The van der Waals surface area contributed by atoms with Gasteiger partial charge in [-0.15, -0.1) is 0 Å². The molecule has 24 heavy (non-hydrogen) atoms. The number of hydrogen-bond acceptors (Lipinski definition) is 3. The Morgan fingerprint density at radius 3 is 2.21 bits per heavy atom. The largest absolute Gasteiger partial charge is 0.352 e. The summed E-state index contributed by atoms with van der Waals surface area (Å²) in [4.78, 5) is 12.3. The summed E-state index contributed by atoms with van der Waals surface area (Å²) in [6, 6.07) is 0. The standard InChI is InChI=1S/C19H29NO3S/c1-13(4-18(21)20-11-14-2-3-24(22,23)12-14)19-8-15-5-16(9-19)7-17(6-15)10-19/h4,14-17H,2-3,5-12H2,1H3,(H,20,21)/b13-4+/t14-,15?,16?,17?,19?/m0/s1. The van der Waals surface area contributed by atoms with Crippen LogP contribution in [0.3, 0.4) is 0 Å². The van der Waals surface area contributed by atoms with Gasteiger partial charge in [0.25, 0.3) is 0 Å². The van der Waals surface area contributed by atoms with Crippen LogP contribution in [0.15, 0.2) is 11.6 Å². The van der Waals surface area contributed by atoms with E-state index >= 15 is 0 Å². The molecule has 1 atom stereocenters. The smallest absolute Gasteiger partial charge is 0.243 e. The first-order valence-corrected chi connectivity index (χ1v) is 11.3. The number of hydrogen-bond donors (Lipinski definition) is 1. The minimum atomic E-state index is -2.86. The van der Waals surface area contributed by atoms with Crippen molar-refractivity contribution in [2.24, 2.45) is 29.1 Å². The van der Waals surface area contributed by atoms with Crippen molar-refractivity contribution in [3.8, 4) is 0 Å². The molecule has 0 aromatic rings. The van der Waals surface area contributed by atoms with Gasteiger partial charge in [0.1, 0.15) is 0 Å². The van der Waals surface area contributed by atoms with Crippen LogP contribution >= 0.6 is 0 Å². The highest BCUT2D eigenvalue weighted by molar-refractivity contribution is 7.91. The van der Waals surface area contributed by atoms with Crippen LogP contribution in [0.1, 0.15) is 51.9 Å². The first-order valence-electron chi connectivity index (χ1n) is 9.51. The van der Waals surface area contributed by atoms with Crippen molar-refractivity contribution >= 4 is 15.7 Å². The summed E-state index contributed by atoms with van der Waals surface area (Å²) in [5.41, 5.74) is 1.54. The molecular formula is C19H29NO3S. The minimum Gasteiger partial charge on any atom is -0.352 e. The molecule has 5 heteroatoms. The monoisotopic (exact) mass is 351 g/mol. The van der Waals surface area contributed by atoms with Crippen LogP contribution < -0.4 is 5.32 Å². The molecule has 0 spiro atoms. The lowest BCUT2D eigenvalue weighted by atomic mass is 9.48. The van der Waals surface area contributed by atoms with E-state index in [4.69, 9.17) is 0 Å². The first kappa shape index (κ1) is 16.6. The Labute approximate surface area is 145 Å². The van der Waals surface area contributed by atoms with Gasteiger partial charge in [-0.05, 0) is 81.0 Å². The molecule has 1 aliphatic heterocycles. The molecule has 0 unspecified atom stereocenters. The van der Waals surface area contributed by atoms with Gasteiger partial charge in [-0.3, -0.25) is 4.79 Å². The van der Waals surface area contributed by atoms with E-state index in [9.17, 15) is 13.2 Å². The lowest BCUT2D eigenvalue weighted by Crippen LogP contribution is -2.46. The molecule has 0 aromatic heterocycles. The number of sulfone groups is 1. The van der Waals surface area contributed by atoms with E-state index in [2.05, 4.69) is 12.2 Å².